The van der Waals surface area contributed by atoms with Crippen LogP contribution in [0.25, 0.3) is 21.9 Å². The third-order valence-electron chi connectivity index (χ3n) is 3.01. The molecule has 0 fully saturated rings. The van der Waals surface area contributed by atoms with E-state index in [2.05, 4.69) is 5.32 Å². The molecule has 4 nitrogen and oxygen atoms in total. The van der Waals surface area contributed by atoms with Crippen molar-refractivity contribution >= 4 is 33.5 Å². The lowest BCUT2D eigenvalue weighted by Gasteiger charge is -2.08. The van der Waals surface area contributed by atoms with E-state index in [1.54, 1.807) is 13.2 Å². The topological polar surface area (TPSA) is 51.5 Å². The first-order valence-electron chi connectivity index (χ1n) is 6.96. The number of carbonyl (C=O) groups excluding carboxylic acids is 1. The van der Waals surface area contributed by atoms with Crippen molar-refractivity contribution in [3.8, 4) is 5.75 Å². The molecule has 4 heteroatoms. The van der Waals surface area contributed by atoms with Gasteiger partial charge in [0.15, 0.2) is 0 Å². The van der Waals surface area contributed by atoms with E-state index < -0.39 is 0 Å². The first kappa shape index (κ1) is 14.9. The summed E-state index contributed by atoms with van der Waals surface area (Å²) in [5.41, 5.74) is 2.16. The van der Waals surface area contributed by atoms with Crippen molar-refractivity contribution in [3.05, 3.63) is 36.4 Å². The van der Waals surface area contributed by atoms with Gasteiger partial charge in [-0.1, -0.05) is 32.0 Å². The highest BCUT2D eigenvalue weighted by Crippen LogP contribution is 2.36. The van der Waals surface area contributed by atoms with Crippen LogP contribution in [0.5, 0.6) is 5.75 Å². The van der Waals surface area contributed by atoms with E-state index in [9.17, 15) is 4.79 Å². The zero-order valence-electron chi connectivity index (χ0n) is 12.7. The molecule has 110 valence electrons. The number of fused-ring (bicyclic) bond motifs is 3. The molecule has 0 unspecified atom stereocenters. The fourth-order valence-electron chi connectivity index (χ4n) is 2.21. The Morgan fingerprint density at radius 2 is 1.81 bits per heavy atom. The van der Waals surface area contributed by atoms with Gasteiger partial charge in [0.1, 0.15) is 16.9 Å². The second kappa shape index (κ2) is 6.31. The van der Waals surface area contributed by atoms with Crippen LogP contribution < -0.4 is 10.1 Å². The summed E-state index contributed by atoms with van der Waals surface area (Å²) >= 11 is 0. The first-order valence-corrected chi connectivity index (χ1v) is 6.96. The second-order valence-electron chi connectivity index (χ2n) is 4.33. The lowest BCUT2D eigenvalue weighted by Crippen LogP contribution is -2.06. The number of methoxy groups -OCH3 is 1. The van der Waals surface area contributed by atoms with Crippen LogP contribution in [-0.4, -0.2) is 13.0 Å². The minimum absolute atomic E-state index is 0.145. The standard InChI is InChI=1S/C15H13NO3.C2H6/c1-9(17)16-12-8-14-11(7-15(12)18-2)10-5-3-4-6-13(10)19-14;1-2/h3-8H,1-2H3,(H,16,17);1-2H3. The number of hydrogen-bond acceptors (Lipinski definition) is 3. The highest BCUT2D eigenvalue weighted by atomic mass is 16.5. The van der Waals surface area contributed by atoms with Crippen LogP contribution in [0, 0.1) is 0 Å². The van der Waals surface area contributed by atoms with E-state index in [0.717, 1.165) is 21.9 Å². The molecule has 1 N–H and O–H groups in total. The molecule has 3 aromatic rings. The van der Waals surface area contributed by atoms with Gasteiger partial charge in [0.05, 0.1) is 12.8 Å². The van der Waals surface area contributed by atoms with E-state index in [1.165, 1.54) is 6.92 Å². The van der Waals surface area contributed by atoms with Gasteiger partial charge in [0.25, 0.3) is 0 Å². The van der Waals surface area contributed by atoms with E-state index in [0.29, 0.717) is 11.4 Å². The molecule has 2 aromatic carbocycles. The van der Waals surface area contributed by atoms with Crippen molar-refractivity contribution in [1.82, 2.24) is 0 Å². The van der Waals surface area contributed by atoms with E-state index in [4.69, 9.17) is 9.15 Å². The predicted molar refractivity (Wildman–Crippen MR) is 85.9 cm³/mol. The Morgan fingerprint density at radius 3 is 2.48 bits per heavy atom. The van der Waals surface area contributed by atoms with Gasteiger partial charge in [-0.05, 0) is 12.1 Å². The van der Waals surface area contributed by atoms with E-state index >= 15 is 0 Å². The largest absolute Gasteiger partial charge is 0.495 e. The molecule has 0 saturated carbocycles. The van der Waals surface area contributed by atoms with E-state index in [1.807, 2.05) is 44.2 Å². The van der Waals surface area contributed by atoms with Crippen LogP contribution in [0.1, 0.15) is 20.8 Å². The number of carbonyl (C=O) groups is 1. The maximum Gasteiger partial charge on any atom is 0.221 e. The van der Waals surface area contributed by atoms with Gasteiger partial charge in [-0.15, -0.1) is 0 Å². The van der Waals surface area contributed by atoms with Gasteiger partial charge in [-0.3, -0.25) is 4.79 Å². The zero-order chi connectivity index (χ0) is 15.4. The maximum atomic E-state index is 11.2. The van der Waals surface area contributed by atoms with Crippen molar-refractivity contribution in [2.45, 2.75) is 20.8 Å². The summed E-state index contributed by atoms with van der Waals surface area (Å²) in [5.74, 6) is 0.475. The van der Waals surface area contributed by atoms with Crippen LogP contribution in [-0.2, 0) is 4.79 Å². The molecular formula is C17H19NO3. The van der Waals surface area contributed by atoms with Crippen LogP contribution in [0.2, 0.25) is 0 Å². The molecule has 1 amide bonds. The molecule has 0 atom stereocenters. The number of nitrogens with one attached hydrogen (secondary N) is 1. The van der Waals surface area contributed by atoms with Crippen LogP contribution in [0.4, 0.5) is 5.69 Å². The van der Waals surface area contributed by atoms with Crippen molar-refractivity contribution in [2.75, 3.05) is 12.4 Å². The third-order valence-corrected chi connectivity index (χ3v) is 3.01. The molecule has 0 bridgehead atoms. The molecule has 0 aliphatic carbocycles. The minimum atomic E-state index is -0.145. The SMILES string of the molecule is CC.COc1cc2c(cc1NC(C)=O)oc1ccccc12. The summed E-state index contributed by atoms with van der Waals surface area (Å²) in [4.78, 5) is 11.2. The highest BCUT2D eigenvalue weighted by molar-refractivity contribution is 6.07. The van der Waals surface area contributed by atoms with Gasteiger partial charge in [-0.2, -0.15) is 0 Å². The fourth-order valence-corrected chi connectivity index (χ4v) is 2.21. The first-order chi connectivity index (χ1) is 10.2. The van der Waals surface area contributed by atoms with Crippen LogP contribution >= 0.6 is 0 Å². The number of para-hydroxylation sites is 1. The van der Waals surface area contributed by atoms with Gasteiger partial charge in [0, 0.05) is 23.8 Å². The summed E-state index contributed by atoms with van der Waals surface area (Å²) < 4.78 is 11.1. The normalized spacial score (nSPS) is 10.1. The second-order valence-corrected chi connectivity index (χ2v) is 4.33. The summed E-state index contributed by atoms with van der Waals surface area (Å²) in [5, 5.41) is 4.74. The van der Waals surface area contributed by atoms with Gasteiger partial charge < -0.3 is 14.5 Å². The lowest BCUT2D eigenvalue weighted by molar-refractivity contribution is -0.114. The maximum absolute atomic E-state index is 11.2. The number of hydrogen-bond donors (Lipinski definition) is 1. The van der Waals surface area contributed by atoms with Crippen molar-refractivity contribution < 1.29 is 13.9 Å². The average Bonchev–Trinajstić information content (AvgIpc) is 2.85. The molecule has 0 spiro atoms. The Morgan fingerprint density at radius 1 is 1.10 bits per heavy atom. The molecule has 0 aliphatic heterocycles. The summed E-state index contributed by atoms with van der Waals surface area (Å²) in [6.07, 6.45) is 0. The number of furan rings is 1. The Hall–Kier alpha value is -2.49. The Labute approximate surface area is 123 Å². The molecule has 0 aliphatic rings. The highest BCUT2D eigenvalue weighted by Gasteiger charge is 2.12. The Balaban J connectivity index is 0.000000774. The van der Waals surface area contributed by atoms with Crippen LogP contribution in [0.15, 0.2) is 40.8 Å². The summed E-state index contributed by atoms with van der Waals surface area (Å²) in [6.45, 7) is 5.46. The number of anilines is 1. The smallest absolute Gasteiger partial charge is 0.221 e. The fraction of sp³-hybridized carbons (Fsp3) is 0.235. The predicted octanol–water partition coefficient (Wildman–Crippen LogP) is 4.58. The molecule has 0 saturated heterocycles. The lowest BCUT2D eigenvalue weighted by atomic mass is 10.1. The van der Waals surface area contributed by atoms with Crippen molar-refractivity contribution in [3.63, 3.8) is 0 Å². The van der Waals surface area contributed by atoms with E-state index in [-0.39, 0.29) is 5.91 Å². The minimum Gasteiger partial charge on any atom is -0.495 e. The number of amides is 1. The Bertz CT molecular complexity index is 774. The van der Waals surface area contributed by atoms with Crippen LogP contribution in [0.3, 0.4) is 0 Å². The number of rotatable bonds is 2. The van der Waals surface area contributed by atoms with Gasteiger partial charge in [-0.25, -0.2) is 0 Å². The third kappa shape index (κ3) is 2.84. The zero-order valence-corrected chi connectivity index (χ0v) is 12.7. The van der Waals surface area contributed by atoms with Crippen molar-refractivity contribution in [2.24, 2.45) is 0 Å². The van der Waals surface area contributed by atoms with Crippen molar-refractivity contribution in [1.29, 1.82) is 0 Å². The number of ether oxygens (including phenoxy) is 1. The molecule has 0 radical (unpaired) electrons. The summed E-state index contributed by atoms with van der Waals surface area (Å²) in [6, 6.07) is 11.5. The Kier molecular flexibility index (Phi) is 4.48. The van der Waals surface area contributed by atoms with Gasteiger partial charge in [0.2, 0.25) is 5.91 Å². The summed E-state index contributed by atoms with van der Waals surface area (Å²) in [7, 11) is 1.58. The molecular weight excluding hydrogens is 266 g/mol. The molecule has 21 heavy (non-hydrogen) atoms. The van der Waals surface area contributed by atoms with Gasteiger partial charge >= 0.3 is 0 Å². The number of benzene rings is 2. The molecule has 1 aromatic heterocycles. The average molecular weight is 285 g/mol. The molecule has 1 heterocycles. The monoisotopic (exact) mass is 285 g/mol. The quantitative estimate of drug-likeness (QED) is 0.749. The molecule has 3 rings (SSSR count).